The highest BCUT2D eigenvalue weighted by Crippen LogP contribution is 2.07. The summed E-state index contributed by atoms with van der Waals surface area (Å²) < 4.78 is 23.8. The maximum atomic E-state index is 11.2. The van der Waals surface area contributed by atoms with E-state index in [0.29, 0.717) is 13.1 Å². The van der Waals surface area contributed by atoms with Crippen molar-refractivity contribution in [3.63, 3.8) is 0 Å². The van der Waals surface area contributed by atoms with Crippen molar-refractivity contribution in [2.45, 2.75) is 6.54 Å². The van der Waals surface area contributed by atoms with Crippen LogP contribution in [0.5, 0.6) is 0 Å². The Labute approximate surface area is 102 Å². The van der Waals surface area contributed by atoms with Gasteiger partial charge in [-0.05, 0) is 17.7 Å². The van der Waals surface area contributed by atoms with Crippen LogP contribution in [0.1, 0.15) is 11.1 Å². The molecule has 0 aromatic heterocycles. The summed E-state index contributed by atoms with van der Waals surface area (Å²) in [5.41, 5.74) is 7.08. The summed E-state index contributed by atoms with van der Waals surface area (Å²) in [6.07, 6.45) is 1.19. The lowest BCUT2D eigenvalue weighted by atomic mass is 10.1. The number of nitrogens with two attached hydrogens (primary N) is 1. The molecule has 4 nitrogen and oxygen atoms in total. The van der Waals surface area contributed by atoms with Crippen molar-refractivity contribution in [1.29, 1.82) is 0 Å². The number of nitrogens with zero attached hydrogens (tertiary/aromatic N) is 1. The van der Waals surface area contributed by atoms with Gasteiger partial charge in [-0.25, -0.2) is 12.7 Å². The third-order valence-corrected chi connectivity index (χ3v) is 3.52. The zero-order chi connectivity index (χ0) is 12.9. The van der Waals surface area contributed by atoms with Gasteiger partial charge in [0.25, 0.3) is 0 Å². The Morgan fingerprint density at radius 3 is 2.35 bits per heavy atom. The molecule has 17 heavy (non-hydrogen) atoms. The van der Waals surface area contributed by atoms with Crippen LogP contribution < -0.4 is 5.73 Å². The third kappa shape index (κ3) is 4.57. The molecule has 1 rings (SSSR count). The second kappa shape index (κ2) is 5.82. The van der Waals surface area contributed by atoms with E-state index in [0.717, 1.165) is 11.1 Å². The van der Waals surface area contributed by atoms with E-state index in [1.165, 1.54) is 10.6 Å². The molecule has 5 heteroatoms. The van der Waals surface area contributed by atoms with Gasteiger partial charge in [-0.1, -0.05) is 24.0 Å². The highest BCUT2D eigenvalue weighted by molar-refractivity contribution is 7.88. The Bertz CT molecular complexity index is 524. The predicted molar refractivity (Wildman–Crippen MR) is 68.7 cm³/mol. The smallest absolute Gasteiger partial charge is 0.211 e. The minimum absolute atomic E-state index is 0.332. The number of benzene rings is 1. The summed E-state index contributed by atoms with van der Waals surface area (Å²) in [6, 6.07) is 7.44. The first-order chi connectivity index (χ1) is 7.93. The number of hydrogen-bond donors (Lipinski definition) is 1. The standard InChI is InChI=1S/C12H16N2O2S/c1-14(17(2,15)16)10-12-7-5-11(6-8-12)4-3-9-13/h5-8H,9-10,13H2,1-2H3. The van der Waals surface area contributed by atoms with Gasteiger partial charge in [-0.15, -0.1) is 0 Å². The fraction of sp³-hybridized carbons (Fsp3) is 0.333. The molecule has 0 bridgehead atoms. The van der Waals surface area contributed by atoms with E-state index >= 15 is 0 Å². The molecule has 0 amide bonds. The molecule has 0 radical (unpaired) electrons. The van der Waals surface area contributed by atoms with Crippen LogP contribution in [0.2, 0.25) is 0 Å². The van der Waals surface area contributed by atoms with Gasteiger partial charge in [0.15, 0.2) is 0 Å². The molecule has 0 unspecified atom stereocenters. The average molecular weight is 252 g/mol. The van der Waals surface area contributed by atoms with Crippen molar-refractivity contribution in [3.8, 4) is 11.8 Å². The normalized spacial score (nSPS) is 11.1. The molecule has 92 valence electrons. The Morgan fingerprint density at radius 1 is 1.29 bits per heavy atom. The molecule has 0 aliphatic heterocycles. The van der Waals surface area contributed by atoms with Crippen molar-refractivity contribution < 1.29 is 8.42 Å². The second-order valence-electron chi connectivity index (χ2n) is 3.72. The molecular weight excluding hydrogens is 236 g/mol. The lowest BCUT2D eigenvalue weighted by molar-refractivity contribution is 0.472. The Kier molecular flexibility index (Phi) is 4.70. The van der Waals surface area contributed by atoms with Crippen LogP contribution in [0.4, 0.5) is 0 Å². The van der Waals surface area contributed by atoms with Crippen LogP contribution in [0.15, 0.2) is 24.3 Å². The average Bonchev–Trinajstić information content (AvgIpc) is 2.27. The number of hydrogen-bond acceptors (Lipinski definition) is 3. The maximum Gasteiger partial charge on any atom is 0.211 e. The first-order valence-electron chi connectivity index (χ1n) is 5.12. The van der Waals surface area contributed by atoms with E-state index in [-0.39, 0.29) is 0 Å². The first-order valence-corrected chi connectivity index (χ1v) is 6.97. The molecular formula is C12H16N2O2S. The fourth-order valence-corrected chi connectivity index (χ4v) is 1.60. The zero-order valence-electron chi connectivity index (χ0n) is 9.97. The van der Waals surface area contributed by atoms with Gasteiger partial charge in [0.1, 0.15) is 0 Å². The van der Waals surface area contributed by atoms with Gasteiger partial charge >= 0.3 is 0 Å². The first kappa shape index (κ1) is 13.7. The van der Waals surface area contributed by atoms with Gasteiger partial charge in [0.2, 0.25) is 10.0 Å². The molecule has 1 aromatic rings. The van der Waals surface area contributed by atoms with E-state index in [9.17, 15) is 8.42 Å². The Balaban J connectivity index is 2.75. The van der Waals surface area contributed by atoms with E-state index in [1.54, 1.807) is 7.05 Å². The minimum atomic E-state index is -3.14. The van der Waals surface area contributed by atoms with E-state index in [1.807, 2.05) is 24.3 Å². The Morgan fingerprint density at radius 2 is 1.88 bits per heavy atom. The van der Waals surface area contributed by atoms with Crippen molar-refractivity contribution in [2.24, 2.45) is 5.73 Å². The topological polar surface area (TPSA) is 63.4 Å². The highest BCUT2D eigenvalue weighted by atomic mass is 32.2. The highest BCUT2D eigenvalue weighted by Gasteiger charge is 2.10. The van der Waals surface area contributed by atoms with Gasteiger partial charge in [-0.3, -0.25) is 0 Å². The molecule has 0 heterocycles. The third-order valence-electron chi connectivity index (χ3n) is 2.26. The molecule has 1 aromatic carbocycles. The van der Waals surface area contributed by atoms with E-state index in [4.69, 9.17) is 5.73 Å². The number of sulfonamides is 1. The van der Waals surface area contributed by atoms with Crippen LogP contribution in [-0.2, 0) is 16.6 Å². The quantitative estimate of drug-likeness (QED) is 0.791. The van der Waals surface area contributed by atoms with Crippen molar-refractivity contribution in [3.05, 3.63) is 35.4 Å². The lowest BCUT2D eigenvalue weighted by Crippen LogP contribution is -2.24. The van der Waals surface area contributed by atoms with Crippen LogP contribution in [0.25, 0.3) is 0 Å². The molecule has 0 aliphatic carbocycles. The molecule has 2 N–H and O–H groups in total. The van der Waals surface area contributed by atoms with E-state index < -0.39 is 10.0 Å². The lowest BCUT2D eigenvalue weighted by Gasteiger charge is -2.13. The largest absolute Gasteiger partial charge is 0.320 e. The second-order valence-corrected chi connectivity index (χ2v) is 5.81. The fourth-order valence-electron chi connectivity index (χ4n) is 1.22. The zero-order valence-corrected chi connectivity index (χ0v) is 10.8. The molecule has 0 saturated carbocycles. The van der Waals surface area contributed by atoms with E-state index in [2.05, 4.69) is 11.8 Å². The van der Waals surface area contributed by atoms with Crippen LogP contribution in [0.3, 0.4) is 0 Å². The molecule has 0 atom stereocenters. The van der Waals surface area contributed by atoms with Crippen LogP contribution in [-0.4, -0.2) is 32.6 Å². The predicted octanol–water partition coefficient (Wildman–Crippen LogP) is 0.388. The van der Waals surface area contributed by atoms with Gasteiger partial charge in [-0.2, -0.15) is 0 Å². The van der Waals surface area contributed by atoms with Crippen LogP contribution in [0, 0.1) is 11.8 Å². The van der Waals surface area contributed by atoms with Crippen molar-refractivity contribution in [2.75, 3.05) is 19.8 Å². The molecule has 0 fully saturated rings. The summed E-state index contributed by atoms with van der Waals surface area (Å²) in [7, 11) is -1.58. The SMILES string of the molecule is CN(Cc1ccc(C#CCN)cc1)S(C)(=O)=O. The Hall–Kier alpha value is -1.35. The summed E-state index contributed by atoms with van der Waals surface area (Å²) in [6.45, 7) is 0.696. The maximum absolute atomic E-state index is 11.2. The minimum Gasteiger partial charge on any atom is -0.320 e. The summed E-state index contributed by atoms with van der Waals surface area (Å²) in [4.78, 5) is 0. The molecule has 0 spiro atoms. The molecule has 0 aliphatic rings. The monoisotopic (exact) mass is 252 g/mol. The van der Waals surface area contributed by atoms with Crippen LogP contribution >= 0.6 is 0 Å². The van der Waals surface area contributed by atoms with Gasteiger partial charge in [0.05, 0.1) is 12.8 Å². The van der Waals surface area contributed by atoms with Crippen molar-refractivity contribution in [1.82, 2.24) is 4.31 Å². The number of rotatable bonds is 3. The summed E-state index contributed by atoms with van der Waals surface area (Å²) in [5, 5.41) is 0. The van der Waals surface area contributed by atoms with Gasteiger partial charge < -0.3 is 5.73 Å². The van der Waals surface area contributed by atoms with Gasteiger partial charge in [0, 0.05) is 19.2 Å². The summed E-state index contributed by atoms with van der Waals surface area (Å²) >= 11 is 0. The summed E-state index contributed by atoms with van der Waals surface area (Å²) in [5.74, 6) is 5.67. The van der Waals surface area contributed by atoms with Crippen molar-refractivity contribution >= 4 is 10.0 Å². The molecule has 0 saturated heterocycles.